The Morgan fingerprint density at radius 1 is 0.851 bits per heavy atom. The number of likely N-dealkylation sites (tertiary alicyclic amines) is 2. The number of methoxy groups -OCH3 is 1. The van der Waals surface area contributed by atoms with Gasteiger partial charge >= 0.3 is 0 Å². The highest BCUT2D eigenvalue weighted by Gasteiger charge is 2.57. The number of piperidine rings is 1. The Hall–Kier alpha value is -4.89. The highest BCUT2D eigenvalue weighted by atomic mass is 127. The number of nitrogens with zero attached hydrogens (tertiary/aromatic N) is 2. The molecule has 67 heavy (non-hydrogen) atoms. The quantitative estimate of drug-likeness (QED) is 0.0295. The number of carbonyl (C=O) groups excluding carboxylic acids is 2. The van der Waals surface area contributed by atoms with Crippen LogP contribution < -0.4 is 15.1 Å². The molecule has 0 spiro atoms. The van der Waals surface area contributed by atoms with Crippen LogP contribution in [-0.2, 0) is 20.6 Å². The van der Waals surface area contributed by atoms with Crippen molar-refractivity contribution < 1.29 is 34.1 Å². The first kappa shape index (κ1) is 48.6. The van der Waals surface area contributed by atoms with Crippen LogP contribution in [0.1, 0.15) is 69.6 Å². The predicted molar refractivity (Wildman–Crippen MR) is 276 cm³/mol. The summed E-state index contributed by atoms with van der Waals surface area (Å²) in [6.07, 6.45) is 3.34. The van der Waals surface area contributed by atoms with E-state index in [9.17, 15) is 24.9 Å². The van der Waals surface area contributed by atoms with E-state index in [2.05, 4.69) is 90.7 Å². The first-order valence-corrected chi connectivity index (χ1v) is 26.5. The monoisotopic (exact) mass is 1030 g/mol. The third kappa shape index (κ3) is 10.1. The Morgan fingerprint density at radius 2 is 1.43 bits per heavy atom. The molecule has 2 fully saturated rings. The van der Waals surface area contributed by atoms with E-state index in [1.54, 1.807) is 6.07 Å². The highest BCUT2D eigenvalue weighted by Crippen LogP contribution is 2.48. The minimum atomic E-state index is -3.09. The van der Waals surface area contributed by atoms with Crippen molar-refractivity contribution in [1.29, 1.82) is 0 Å². The van der Waals surface area contributed by atoms with E-state index >= 15 is 0 Å². The fourth-order valence-electron chi connectivity index (χ4n) is 11.0. The minimum Gasteiger partial charge on any atom is -0.504 e. The number of amides is 2. The Morgan fingerprint density at radius 3 is 2.00 bits per heavy atom. The van der Waals surface area contributed by atoms with Gasteiger partial charge in [-0.3, -0.25) is 19.4 Å². The zero-order chi connectivity index (χ0) is 47.3. The summed E-state index contributed by atoms with van der Waals surface area (Å²) in [6.45, 7) is 8.75. The topological polar surface area (TPSA) is 120 Å². The average Bonchev–Trinajstić information content (AvgIpc) is 3.59. The number of benzene rings is 5. The van der Waals surface area contributed by atoms with Crippen molar-refractivity contribution in [3.63, 3.8) is 0 Å². The molecule has 3 N–H and O–H groups in total. The fourth-order valence-corrected chi connectivity index (χ4v) is 16.2. The molecular weight excluding hydrogens is 968 g/mol. The van der Waals surface area contributed by atoms with Gasteiger partial charge in [-0.1, -0.05) is 148 Å². The maximum absolute atomic E-state index is 14.9. The molecule has 0 bridgehead atoms. The number of phenols is 1. The fraction of sp³-hybridized carbons (Fsp3) is 0.357. The minimum absolute atomic E-state index is 0.0781. The van der Waals surface area contributed by atoms with Gasteiger partial charge in [0.05, 0.1) is 41.8 Å². The van der Waals surface area contributed by atoms with Crippen molar-refractivity contribution in [2.75, 3.05) is 33.4 Å². The Labute approximate surface area is 410 Å². The normalized spacial score (nSPS) is 20.3. The molecule has 1 aliphatic carbocycles. The number of carbonyl (C=O) groups is 2. The number of aromatic hydroxyl groups is 1. The van der Waals surface area contributed by atoms with E-state index in [0.717, 1.165) is 52.3 Å². The molecule has 0 saturated carbocycles. The summed E-state index contributed by atoms with van der Waals surface area (Å²) in [5, 5.41) is 36.7. The van der Waals surface area contributed by atoms with Gasteiger partial charge in [-0.25, -0.2) is 0 Å². The van der Waals surface area contributed by atoms with Gasteiger partial charge in [-0.15, -0.1) is 0 Å². The SMILES string of the molecule is COc1cc(/C=C(/CC[C@@H](O)C2=C(CO[Si](c3ccccc3)(c3ccccc3)C(C)(C)C)C[C@H]3C(=O)N(C4CCN(Cc5ccccc5)CC4)C(=O)[C@H]3[C@H]2CO)c2ccccc2)cc(I)c1O. The molecule has 4 atom stereocenters. The maximum atomic E-state index is 14.9. The molecule has 5 aromatic carbocycles. The Balaban J connectivity index is 1.15. The summed E-state index contributed by atoms with van der Waals surface area (Å²) in [6, 6.07) is 44.6. The van der Waals surface area contributed by atoms with Crippen LogP contribution in [0, 0.1) is 21.3 Å². The van der Waals surface area contributed by atoms with E-state index in [1.807, 2.05) is 91.0 Å². The third-order valence-electron chi connectivity index (χ3n) is 14.3. The highest BCUT2D eigenvalue weighted by molar-refractivity contribution is 14.1. The summed E-state index contributed by atoms with van der Waals surface area (Å²) in [4.78, 5) is 33.6. The lowest BCUT2D eigenvalue weighted by Gasteiger charge is -2.44. The molecule has 2 amide bonds. The van der Waals surface area contributed by atoms with Crippen molar-refractivity contribution >= 4 is 64.7 Å². The predicted octanol–water partition coefficient (Wildman–Crippen LogP) is 8.84. The van der Waals surface area contributed by atoms with Crippen LogP contribution in [-0.4, -0.2) is 90.8 Å². The zero-order valence-electron chi connectivity index (χ0n) is 39.0. The molecule has 8 rings (SSSR count). The van der Waals surface area contributed by atoms with E-state index < -0.39 is 38.8 Å². The van der Waals surface area contributed by atoms with Crippen LogP contribution >= 0.6 is 22.6 Å². The van der Waals surface area contributed by atoms with Crippen LogP contribution in [0.4, 0.5) is 0 Å². The van der Waals surface area contributed by atoms with Gasteiger partial charge in [-0.2, -0.15) is 0 Å². The molecule has 5 aromatic rings. The number of hydrogen-bond acceptors (Lipinski definition) is 8. The van der Waals surface area contributed by atoms with E-state index in [1.165, 1.54) is 17.6 Å². The molecule has 2 heterocycles. The summed E-state index contributed by atoms with van der Waals surface area (Å²) in [7, 11) is -1.56. The van der Waals surface area contributed by atoms with Crippen LogP contribution in [0.15, 0.2) is 145 Å². The molecule has 2 aliphatic heterocycles. The lowest BCUT2D eigenvalue weighted by Crippen LogP contribution is -2.66. The average molecular weight is 1030 g/mol. The number of halogens is 1. The molecule has 0 radical (unpaired) electrons. The summed E-state index contributed by atoms with van der Waals surface area (Å²) < 4.78 is 13.7. The van der Waals surface area contributed by atoms with Gasteiger partial charge in [0.25, 0.3) is 8.32 Å². The van der Waals surface area contributed by atoms with Gasteiger partial charge in [0.15, 0.2) is 11.5 Å². The second-order valence-corrected chi connectivity index (χ2v) is 24.8. The van der Waals surface area contributed by atoms with Gasteiger partial charge in [0.2, 0.25) is 11.8 Å². The summed E-state index contributed by atoms with van der Waals surface area (Å²) >= 11 is 2.10. The molecule has 3 aliphatic rings. The number of aliphatic hydroxyl groups excluding tert-OH is 2. The molecule has 2 saturated heterocycles. The maximum Gasteiger partial charge on any atom is 0.261 e. The number of aliphatic hydroxyl groups is 2. The van der Waals surface area contributed by atoms with Crippen molar-refractivity contribution in [1.82, 2.24) is 9.80 Å². The van der Waals surface area contributed by atoms with E-state index in [-0.39, 0.29) is 48.1 Å². The smallest absolute Gasteiger partial charge is 0.261 e. The lowest BCUT2D eigenvalue weighted by atomic mass is 9.68. The molecule has 350 valence electrons. The first-order chi connectivity index (χ1) is 32.3. The van der Waals surface area contributed by atoms with Crippen molar-refractivity contribution in [3.05, 3.63) is 165 Å². The number of ether oxygens (including phenoxy) is 1. The van der Waals surface area contributed by atoms with Gasteiger partial charge in [0.1, 0.15) is 0 Å². The molecule has 0 unspecified atom stereocenters. The van der Waals surface area contributed by atoms with Crippen molar-refractivity contribution in [2.24, 2.45) is 17.8 Å². The zero-order valence-corrected chi connectivity index (χ0v) is 42.1. The Kier molecular flexibility index (Phi) is 15.3. The largest absolute Gasteiger partial charge is 0.504 e. The van der Waals surface area contributed by atoms with Crippen LogP contribution in [0.25, 0.3) is 11.6 Å². The summed E-state index contributed by atoms with van der Waals surface area (Å²) in [5.74, 6) is -2.23. The number of phenolic OH excluding ortho intramolecular Hbond substituents is 1. The first-order valence-electron chi connectivity index (χ1n) is 23.6. The number of fused-ring (bicyclic) bond motifs is 1. The molecular formula is C56H63IN2O7Si. The van der Waals surface area contributed by atoms with Crippen LogP contribution in [0.5, 0.6) is 11.5 Å². The lowest BCUT2D eigenvalue weighted by molar-refractivity contribution is -0.144. The number of imide groups is 1. The standard InChI is InChI=1S/C56H63IN2O7Si/c1-56(2,3)67(44-21-13-7-14-22-44,45-23-15-8-16-24-45)66-37-42-34-46-52(55(64)59(54(46)63)43-27-29-58(30-28-43)35-38-17-9-5-10-18-38)47(36-60)51(42)49(61)26-25-41(40-19-11-6-12-20-40)31-39-32-48(57)53(62)50(33-39)65-4/h5-24,31-33,43,46-47,49,52,60-62H,25-30,34-37H2,1-4H3/b41-31-/t46-,47+,49-,52-/m1/s1. The molecule has 9 nitrogen and oxygen atoms in total. The number of hydrogen-bond donors (Lipinski definition) is 3. The number of allylic oxidation sites excluding steroid dienone is 1. The van der Waals surface area contributed by atoms with Crippen LogP contribution in [0.3, 0.4) is 0 Å². The van der Waals surface area contributed by atoms with Gasteiger partial charge in [0, 0.05) is 31.6 Å². The summed E-state index contributed by atoms with van der Waals surface area (Å²) in [5.41, 5.74) is 5.39. The van der Waals surface area contributed by atoms with E-state index in [0.29, 0.717) is 34.2 Å². The Bertz CT molecular complexity index is 2520. The molecule has 0 aromatic heterocycles. The van der Waals surface area contributed by atoms with Gasteiger partial charge < -0.3 is 24.5 Å². The third-order valence-corrected chi connectivity index (χ3v) is 20.1. The van der Waals surface area contributed by atoms with Crippen LogP contribution in [0.2, 0.25) is 5.04 Å². The van der Waals surface area contributed by atoms with E-state index in [4.69, 9.17) is 9.16 Å². The van der Waals surface area contributed by atoms with Gasteiger partial charge in [-0.05, 0) is 116 Å². The molecule has 11 heteroatoms. The number of rotatable bonds is 16. The van der Waals surface area contributed by atoms with Crippen molar-refractivity contribution in [3.8, 4) is 11.5 Å². The van der Waals surface area contributed by atoms with Crippen molar-refractivity contribution in [2.45, 2.75) is 76.6 Å². The second kappa shape index (κ2) is 21.2. The second-order valence-electron chi connectivity index (χ2n) is 19.3.